The highest BCUT2D eigenvalue weighted by Crippen LogP contribution is 2.33. The first-order chi connectivity index (χ1) is 8.91. The van der Waals surface area contributed by atoms with Gasteiger partial charge in [-0.3, -0.25) is 0 Å². The number of halogens is 5. The van der Waals surface area contributed by atoms with Crippen molar-refractivity contribution >= 4 is 23.2 Å². The molecule has 2 aromatic carbocycles. The first kappa shape index (κ1) is 14.2. The maximum Gasteiger partial charge on any atom is 0.416 e. The van der Waals surface area contributed by atoms with Crippen LogP contribution in [0.5, 0.6) is 0 Å². The molecule has 0 saturated heterocycles. The van der Waals surface area contributed by atoms with E-state index in [1.54, 1.807) is 18.2 Å². The van der Waals surface area contributed by atoms with Gasteiger partial charge in [-0.15, -0.1) is 11.6 Å². The zero-order valence-electron chi connectivity index (χ0n) is 9.64. The first-order valence-corrected chi connectivity index (χ1v) is 6.35. The van der Waals surface area contributed by atoms with Crippen molar-refractivity contribution in [1.29, 1.82) is 0 Å². The van der Waals surface area contributed by atoms with Gasteiger partial charge in [-0.05, 0) is 29.3 Å². The Morgan fingerprint density at radius 2 is 1.58 bits per heavy atom. The van der Waals surface area contributed by atoms with Crippen molar-refractivity contribution in [3.8, 4) is 11.1 Å². The summed E-state index contributed by atoms with van der Waals surface area (Å²) in [4.78, 5) is 0. The molecule has 0 atom stereocenters. The van der Waals surface area contributed by atoms with E-state index in [1.807, 2.05) is 0 Å². The lowest BCUT2D eigenvalue weighted by Gasteiger charge is -2.09. The maximum atomic E-state index is 12.5. The zero-order chi connectivity index (χ0) is 14.0. The molecule has 0 N–H and O–H groups in total. The standard InChI is InChI=1S/C14H9Cl2F3/c15-8-9-1-6-12(13(16)7-9)10-2-4-11(5-3-10)14(17,18)19/h1-7H,8H2. The summed E-state index contributed by atoms with van der Waals surface area (Å²) in [6, 6.07) is 10.2. The Balaban J connectivity index is 2.37. The van der Waals surface area contributed by atoms with Gasteiger partial charge in [-0.1, -0.05) is 35.9 Å². The maximum absolute atomic E-state index is 12.5. The van der Waals surface area contributed by atoms with Crippen LogP contribution in [0.2, 0.25) is 5.02 Å². The largest absolute Gasteiger partial charge is 0.416 e. The van der Waals surface area contributed by atoms with Crippen LogP contribution in [0.4, 0.5) is 13.2 Å². The van der Waals surface area contributed by atoms with Crippen molar-refractivity contribution < 1.29 is 13.2 Å². The molecule has 0 amide bonds. The molecule has 0 aliphatic heterocycles. The fourth-order valence-electron chi connectivity index (χ4n) is 1.71. The number of hydrogen-bond donors (Lipinski definition) is 0. The Morgan fingerprint density at radius 3 is 2.05 bits per heavy atom. The third-order valence-corrected chi connectivity index (χ3v) is 3.33. The van der Waals surface area contributed by atoms with Gasteiger partial charge >= 0.3 is 6.18 Å². The van der Waals surface area contributed by atoms with Crippen LogP contribution in [0, 0.1) is 0 Å². The molecule has 0 bridgehead atoms. The van der Waals surface area contributed by atoms with Crippen molar-refractivity contribution in [2.75, 3.05) is 0 Å². The molecular weight excluding hydrogens is 296 g/mol. The minimum atomic E-state index is -4.33. The average molecular weight is 305 g/mol. The van der Waals surface area contributed by atoms with Crippen LogP contribution >= 0.6 is 23.2 Å². The Kier molecular flexibility index (Phi) is 4.07. The van der Waals surface area contributed by atoms with Gasteiger partial charge in [-0.2, -0.15) is 13.2 Å². The molecule has 0 aliphatic rings. The Labute approximate surface area is 118 Å². The van der Waals surface area contributed by atoms with Gasteiger partial charge in [0.15, 0.2) is 0 Å². The van der Waals surface area contributed by atoms with Crippen molar-refractivity contribution in [3.63, 3.8) is 0 Å². The van der Waals surface area contributed by atoms with E-state index in [-0.39, 0.29) is 0 Å². The second-order valence-electron chi connectivity index (χ2n) is 4.02. The van der Waals surface area contributed by atoms with Gasteiger partial charge in [-0.25, -0.2) is 0 Å². The summed E-state index contributed by atoms with van der Waals surface area (Å²) in [5, 5.41) is 0.470. The van der Waals surface area contributed by atoms with Crippen LogP contribution in [0.3, 0.4) is 0 Å². The van der Waals surface area contributed by atoms with E-state index in [0.29, 0.717) is 22.0 Å². The smallest absolute Gasteiger partial charge is 0.166 e. The summed E-state index contributed by atoms with van der Waals surface area (Å²) in [5.41, 5.74) is 1.51. The minimum Gasteiger partial charge on any atom is -0.166 e. The lowest BCUT2D eigenvalue weighted by Crippen LogP contribution is -2.04. The highest BCUT2D eigenvalue weighted by Gasteiger charge is 2.29. The number of alkyl halides is 4. The predicted molar refractivity (Wildman–Crippen MR) is 71.4 cm³/mol. The molecule has 19 heavy (non-hydrogen) atoms. The van der Waals surface area contributed by atoms with Gasteiger partial charge in [0, 0.05) is 16.5 Å². The molecule has 5 heteroatoms. The summed E-state index contributed by atoms with van der Waals surface area (Å²) >= 11 is 11.8. The molecule has 0 saturated carbocycles. The second-order valence-corrected chi connectivity index (χ2v) is 4.70. The van der Waals surface area contributed by atoms with Crippen molar-refractivity contribution in [2.45, 2.75) is 12.1 Å². The van der Waals surface area contributed by atoms with E-state index in [1.165, 1.54) is 12.1 Å². The highest BCUT2D eigenvalue weighted by atomic mass is 35.5. The van der Waals surface area contributed by atoms with Crippen molar-refractivity contribution in [3.05, 3.63) is 58.6 Å². The van der Waals surface area contributed by atoms with Crippen molar-refractivity contribution in [2.24, 2.45) is 0 Å². The Morgan fingerprint density at radius 1 is 0.947 bits per heavy atom. The molecule has 0 fully saturated rings. The Bertz CT molecular complexity index is 574. The van der Waals surface area contributed by atoms with Crippen LogP contribution in [-0.2, 0) is 12.1 Å². The fraction of sp³-hybridized carbons (Fsp3) is 0.143. The van der Waals surface area contributed by atoms with Crippen LogP contribution in [0.1, 0.15) is 11.1 Å². The summed E-state index contributed by atoms with van der Waals surface area (Å²) in [5.74, 6) is 0.340. The minimum absolute atomic E-state index is 0.340. The molecule has 100 valence electrons. The Hall–Kier alpha value is -1.19. The van der Waals surface area contributed by atoms with Gasteiger partial charge < -0.3 is 0 Å². The number of benzene rings is 2. The second kappa shape index (κ2) is 5.43. The zero-order valence-corrected chi connectivity index (χ0v) is 11.2. The van der Waals surface area contributed by atoms with E-state index in [0.717, 1.165) is 17.7 Å². The molecule has 2 rings (SSSR count). The molecule has 2 aromatic rings. The summed E-state index contributed by atoms with van der Waals surface area (Å²) in [6.07, 6.45) is -4.33. The molecule has 0 nitrogen and oxygen atoms in total. The van der Waals surface area contributed by atoms with E-state index < -0.39 is 11.7 Å². The number of rotatable bonds is 2. The first-order valence-electron chi connectivity index (χ1n) is 5.44. The molecular formula is C14H9Cl2F3. The topological polar surface area (TPSA) is 0 Å². The quantitative estimate of drug-likeness (QED) is 0.618. The molecule has 0 radical (unpaired) electrons. The summed E-state index contributed by atoms with van der Waals surface area (Å²) in [7, 11) is 0. The van der Waals surface area contributed by atoms with Crippen LogP contribution in [-0.4, -0.2) is 0 Å². The monoisotopic (exact) mass is 304 g/mol. The summed E-state index contributed by atoms with van der Waals surface area (Å²) in [6.45, 7) is 0. The molecule has 0 unspecified atom stereocenters. The van der Waals surface area contributed by atoms with Gasteiger partial charge in [0.2, 0.25) is 0 Å². The summed E-state index contributed by atoms with van der Waals surface area (Å²) < 4.78 is 37.4. The lowest BCUT2D eigenvalue weighted by atomic mass is 10.0. The molecule has 0 aromatic heterocycles. The lowest BCUT2D eigenvalue weighted by molar-refractivity contribution is -0.137. The number of hydrogen-bond acceptors (Lipinski definition) is 0. The molecule has 0 spiro atoms. The van der Waals surface area contributed by atoms with E-state index in [2.05, 4.69) is 0 Å². The van der Waals surface area contributed by atoms with Crippen molar-refractivity contribution in [1.82, 2.24) is 0 Å². The highest BCUT2D eigenvalue weighted by molar-refractivity contribution is 6.33. The normalized spacial score (nSPS) is 11.6. The van der Waals surface area contributed by atoms with E-state index in [9.17, 15) is 13.2 Å². The molecule has 0 heterocycles. The van der Waals surface area contributed by atoms with Crippen LogP contribution in [0.25, 0.3) is 11.1 Å². The predicted octanol–water partition coefficient (Wildman–Crippen LogP) is 5.76. The third-order valence-electron chi connectivity index (χ3n) is 2.71. The average Bonchev–Trinajstić information content (AvgIpc) is 2.37. The fourth-order valence-corrected chi connectivity index (χ4v) is 2.19. The SMILES string of the molecule is FC(F)(F)c1ccc(-c2ccc(CCl)cc2Cl)cc1. The van der Waals surface area contributed by atoms with E-state index in [4.69, 9.17) is 23.2 Å². The molecule has 0 aliphatic carbocycles. The van der Waals surface area contributed by atoms with Crippen LogP contribution in [0.15, 0.2) is 42.5 Å². The van der Waals surface area contributed by atoms with Gasteiger partial charge in [0.05, 0.1) is 5.56 Å². The van der Waals surface area contributed by atoms with Gasteiger partial charge in [0.1, 0.15) is 0 Å². The third kappa shape index (κ3) is 3.23. The van der Waals surface area contributed by atoms with Gasteiger partial charge in [0.25, 0.3) is 0 Å². The van der Waals surface area contributed by atoms with Crippen LogP contribution < -0.4 is 0 Å². The van der Waals surface area contributed by atoms with E-state index >= 15 is 0 Å².